The summed E-state index contributed by atoms with van der Waals surface area (Å²) < 4.78 is 11.2. The zero-order valence-corrected chi connectivity index (χ0v) is 19.5. The number of para-hydroxylation sites is 2. The molecule has 0 radical (unpaired) electrons. The van der Waals surface area contributed by atoms with Gasteiger partial charge in [-0.1, -0.05) is 18.2 Å². The van der Waals surface area contributed by atoms with Crippen molar-refractivity contribution in [3.05, 3.63) is 60.2 Å². The van der Waals surface area contributed by atoms with Crippen LogP contribution in [0.25, 0.3) is 11.1 Å². The van der Waals surface area contributed by atoms with Gasteiger partial charge in [-0.15, -0.1) is 0 Å². The smallest absolute Gasteiger partial charge is 0.144 e. The molecule has 0 aliphatic carbocycles. The molecule has 7 nitrogen and oxygen atoms in total. The monoisotopic (exact) mass is 447 g/mol. The Labute approximate surface area is 194 Å². The molecule has 1 aliphatic heterocycles. The van der Waals surface area contributed by atoms with Crippen LogP contribution < -0.4 is 24.8 Å². The lowest BCUT2D eigenvalue weighted by Gasteiger charge is -2.31. The number of methoxy groups -OCH3 is 2. The Balaban J connectivity index is 1.91. The van der Waals surface area contributed by atoms with Crippen LogP contribution in [0.4, 0.5) is 17.1 Å². The third-order valence-corrected chi connectivity index (χ3v) is 5.87. The first-order chi connectivity index (χ1) is 15.8. The van der Waals surface area contributed by atoms with Gasteiger partial charge in [0.2, 0.25) is 0 Å². The Morgan fingerprint density at radius 2 is 1.70 bits per heavy atom. The maximum absolute atomic E-state index is 11.6. The molecule has 0 saturated carbocycles. The van der Waals surface area contributed by atoms with Gasteiger partial charge in [0, 0.05) is 24.2 Å². The number of carbonyl (C=O) groups excluding carboxylic acids is 1. The fraction of sp³-hybridized carbons (Fsp3) is 0.269. The van der Waals surface area contributed by atoms with Crippen molar-refractivity contribution in [2.75, 3.05) is 36.6 Å². The van der Waals surface area contributed by atoms with Crippen LogP contribution >= 0.6 is 0 Å². The third-order valence-electron chi connectivity index (χ3n) is 5.87. The van der Waals surface area contributed by atoms with E-state index in [1.165, 1.54) is 0 Å². The maximum Gasteiger partial charge on any atom is 0.144 e. The van der Waals surface area contributed by atoms with Crippen LogP contribution in [-0.4, -0.2) is 38.2 Å². The third kappa shape index (κ3) is 4.02. The van der Waals surface area contributed by atoms with E-state index in [1.54, 1.807) is 26.4 Å². The Bertz CT molecular complexity index is 1190. The number of ether oxygens (including phenoxy) is 2. The lowest BCUT2D eigenvalue weighted by atomic mass is 9.95. The SMILES string of the molecule is COc1cc(O)ccc1-c1ccc(NC(C)(C)C=O)c2c1CN(c1ccccc1OC)N2C. The average Bonchev–Trinajstić information content (AvgIpc) is 3.16. The minimum atomic E-state index is -0.732. The van der Waals surface area contributed by atoms with Gasteiger partial charge in [0.25, 0.3) is 0 Å². The molecule has 0 bridgehead atoms. The molecule has 0 aromatic heterocycles. The number of benzene rings is 3. The number of hydrogen-bond acceptors (Lipinski definition) is 7. The van der Waals surface area contributed by atoms with E-state index in [0.29, 0.717) is 12.3 Å². The highest BCUT2D eigenvalue weighted by molar-refractivity contribution is 5.90. The molecular formula is C26H29N3O4. The van der Waals surface area contributed by atoms with Crippen molar-refractivity contribution >= 4 is 23.3 Å². The van der Waals surface area contributed by atoms with Crippen molar-refractivity contribution in [1.82, 2.24) is 0 Å². The Hall–Kier alpha value is -3.87. The zero-order chi connectivity index (χ0) is 23.8. The topological polar surface area (TPSA) is 74.3 Å². The normalized spacial score (nSPS) is 13.0. The Morgan fingerprint density at radius 1 is 1.00 bits per heavy atom. The highest BCUT2D eigenvalue weighted by atomic mass is 16.5. The quantitative estimate of drug-likeness (QED) is 0.502. The number of hydrazine groups is 1. The number of phenols is 1. The van der Waals surface area contributed by atoms with E-state index in [0.717, 1.165) is 45.8 Å². The summed E-state index contributed by atoms with van der Waals surface area (Å²) in [5, 5.41) is 17.5. The van der Waals surface area contributed by atoms with Crippen molar-refractivity contribution in [1.29, 1.82) is 0 Å². The van der Waals surface area contributed by atoms with E-state index in [2.05, 4.69) is 15.3 Å². The number of anilines is 3. The van der Waals surface area contributed by atoms with Crippen LogP contribution in [0.15, 0.2) is 54.6 Å². The summed E-state index contributed by atoms with van der Waals surface area (Å²) in [5.74, 6) is 1.50. The van der Waals surface area contributed by atoms with E-state index in [9.17, 15) is 9.90 Å². The van der Waals surface area contributed by atoms with Crippen LogP contribution in [-0.2, 0) is 11.3 Å². The van der Waals surface area contributed by atoms with E-state index in [1.807, 2.05) is 63.4 Å². The fourth-order valence-corrected chi connectivity index (χ4v) is 4.26. The molecule has 0 fully saturated rings. The summed E-state index contributed by atoms with van der Waals surface area (Å²) in [6.45, 7) is 4.27. The average molecular weight is 448 g/mol. The summed E-state index contributed by atoms with van der Waals surface area (Å²) in [6.07, 6.45) is 0.906. The lowest BCUT2D eigenvalue weighted by molar-refractivity contribution is -0.110. The summed E-state index contributed by atoms with van der Waals surface area (Å²) in [4.78, 5) is 11.6. The first-order valence-electron chi connectivity index (χ1n) is 10.7. The molecule has 3 aromatic rings. The maximum atomic E-state index is 11.6. The highest BCUT2D eigenvalue weighted by Crippen LogP contribution is 2.48. The number of carbonyl (C=O) groups is 1. The van der Waals surface area contributed by atoms with E-state index in [-0.39, 0.29) is 5.75 Å². The van der Waals surface area contributed by atoms with Gasteiger partial charge >= 0.3 is 0 Å². The van der Waals surface area contributed by atoms with Gasteiger partial charge in [-0.3, -0.25) is 10.0 Å². The second kappa shape index (κ2) is 8.58. The second-order valence-corrected chi connectivity index (χ2v) is 8.59. The van der Waals surface area contributed by atoms with Crippen molar-refractivity contribution in [3.63, 3.8) is 0 Å². The van der Waals surface area contributed by atoms with Crippen LogP contribution in [0.5, 0.6) is 17.2 Å². The number of fused-ring (bicyclic) bond motifs is 1. The first kappa shape index (κ1) is 22.3. The Morgan fingerprint density at radius 3 is 2.39 bits per heavy atom. The van der Waals surface area contributed by atoms with Gasteiger partial charge in [0.1, 0.15) is 23.5 Å². The number of phenolic OH excluding ortho intramolecular Hbond substituents is 1. The summed E-state index contributed by atoms with van der Waals surface area (Å²) >= 11 is 0. The summed E-state index contributed by atoms with van der Waals surface area (Å²) in [7, 11) is 5.25. The predicted molar refractivity (Wildman–Crippen MR) is 131 cm³/mol. The molecule has 4 rings (SSSR count). The molecule has 0 saturated heterocycles. The number of aromatic hydroxyl groups is 1. The first-order valence-corrected chi connectivity index (χ1v) is 10.7. The highest BCUT2D eigenvalue weighted by Gasteiger charge is 2.33. The van der Waals surface area contributed by atoms with Crippen LogP contribution in [0, 0.1) is 0 Å². The van der Waals surface area contributed by atoms with E-state index in [4.69, 9.17) is 9.47 Å². The second-order valence-electron chi connectivity index (χ2n) is 8.59. The van der Waals surface area contributed by atoms with E-state index >= 15 is 0 Å². The molecule has 172 valence electrons. The van der Waals surface area contributed by atoms with Gasteiger partial charge in [-0.2, -0.15) is 0 Å². The molecule has 0 spiro atoms. The largest absolute Gasteiger partial charge is 0.508 e. The van der Waals surface area contributed by atoms with Crippen LogP contribution in [0.2, 0.25) is 0 Å². The number of rotatable bonds is 7. The number of hydrogen-bond donors (Lipinski definition) is 2. The molecular weight excluding hydrogens is 418 g/mol. The molecule has 0 amide bonds. The van der Waals surface area contributed by atoms with Gasteiger partial charge in [-0.25, -0.2) is 0 Å². The number of aldehydes is 1. The van der Waals surface area contributed by atoms with Gasteiger partial charge in [0.15, 0.2) is 0 Å². The van der Waals surface area contributed by atoms with E-state index < -0.39 is 5.54 Å². The van der Waals surface area contributed by atoms with Crippen molar-refractivity contribution in [2.24, 2.45) is 0 Å². The zero-order valence-electron chi connectivity index (χ0n) is 19.5. The van der Waals surface area contributed by atoms with Crippen LogP contribution in [0.3, 0.4) is 0 Å². The summed E-state index contributed by atoms with van der Waals surface area (Å²) in [6, 6.07) is 17.0. The van der Waals surface area contributed by atoms with Gasteiger partial charge in [0.05, 0.1) is 43.4 Å². The minimum absolute atomic E-state index is 0.144. The Kier molecular flexibility index (Phi) is 5.80. The fourth-order valence-electron chi connectivity index (χ4n) is 4.26. The minimum Gasteiger partial charge on any atom is -0.508 e. The number of nitrogens with one attached hydrogen (secondary N) is 1. The van der Waals surface area contributed by atoms with Gasteiger partial charge in [-0.05, 0) is 49.7 Å². The molecule has 0 atom stereocenters. The molecule has 1 heterocycles. The molecule has 0 unspecified atom stereocenters. The number of nitrogens with zero attached hydrogens (tertiary/aromatic N) is 2. The standard InChI is InChI=1S/C26H29N3O4/c1-26(2,16-30)27-21-13-12-18(19-11-10-17(31)14-24(19)33-5)20-15-29(28(3)25(20)21)22-8-6-7-9-23(22)32-4/h6-14,16,27,31H,15H2,1-5H3. The molecule has 3 aromatic carbocycles. The van der Waals surface area contributed by atoms with Crippen molar-refractivity contribution in [2.45, 2.75) is 25.9 Å². The summed E-state index contributed by atoms with van der Waals surface area (Å²) in [5.41, 5.74) is 4.95. The van der Waals surface area contributed by atoms with Crippen molar-refractivity contribution in [3.8, 4) is 28.4 Å². The van der Waals surface area contributed by atoms with Crippen LogP contribution in [0.1, 0.15) is 19.4 Å². The molecule has 1 aliphatic rings. The molecule has 33 heavy (non-hydrogen) atoms. The lowest BCUT2D eigenvalue weighted by Crippen LogP contribution is -2.36. The molecule has 2 N–H and O–H groups in total. The predicted octanol–water partition coefficient (Wildman–Crippen LogP) is 4.84. The van der Waals surface area contributed by atoms with Gasteiger partial charge < -0.3 is 24.7 Å². The van der Waals surface area contributed by atoms with Crippen molar-refractivity contribution < 1.29 is 19.4 Å². The molecule has 7 heteroatoms.